The van der Waals surface area contributed by atoms with Gasteiger partial charge in [-0.3, -0.25) is 14.5 Å². The number of likely N-dealkylation sites (N-methyl/N-ethyl adjacent to an activating group) is 1. The van der Waals surface area contributed by atoms with E-state index < -0.39 is 0 Å². The van der Waals surface area contributed by atoms with E-state index in [0.29, 0.717) is 25.6 Å². The van der Waals surface area contributed by atoms with Crippen molar-refractivity contribution in [1.82, 2.24) is 14.7 Å². The first-order valence-corrected chi connectivity index (χ1v) is 10.6. The average molecular weight is 414 g/mol. The first-order valence-electron chi connectivity index (χ1n) is 10.6. The Labute approximate surface area is 177 Å². The number of rotatable bonds is 10. The summed E-state index contributed by atoms with van der Waals surface area (Å²) in [5.41, 5.74) is 0.717. The number of nitrogens with one attached hydrogen (secondary N) is 2. The largest absolute Gasteiger partial charge is 0.497 e. The van der Waals surface area contributed by atoms with E-state index in [4.69, 9.17) is 4.74 Å². The standard InChI is InChI=1S/C22H31N5O3/c1-3-26(16-22(29)24-17-8-10-19(30-2)11-9-17)15-13-21(28)25-20-12-14-23-27(20)18-6-4-5-7-18/h8-12,14,18H,3-7,13,15-16H2,1-2H3,(H,24,29)(H,25,28). The van der Waals surface area contributed by atoms with E-state index in [1.165, 1.54) is 12.8 Å². The predicted molar refractivity (Wildman–Crippen MR) is 117 cm³/mol. The molecule has 1 saturated carbocycles. The van der Waals surface area contributed by atoms with Gasteiger partial charge in [0.1, 0.15) is 11.6 Å². The van der Waals surface area contributed by atoms with Crippen LogP contribution in [0.15, 0.2) is 36.5 Å². The van der Waals surface area contributed by atoms with E-state index in [0.717, 1.165) is 30.1 Å². The van der Waals surface area contributed by atoms with Gasteiger partial charge in [0.25, 0.3) is 0 Å². The number of anilines is 2. The first-order chi connectivity index (χ1) is 14.6. The van der Waals surface area contributed by atoms with Gasteiger partial charge in [-0.1, -0.05) is 19.8 Å². The highest BCUT2D eigenvalue weighted by Crippen LogP contribution is 2.31. The van der Waals surface area contributed by atoms with Crippen LogP contribution >= 0.6 is 0 Å². The zero-order valence-corrected chi connectivity index (χ0v) is 17.8. The molecular formula is C22H31N5O3. The summed E-state index contributed by atoms with van der Waals surface area (Å²) in [6.45, 7) is 3.41. The Balaban J connectivity index is 1.44. The Morgan fingerprint density at radius 1 is 1.13 bits per heavy atom. The Morgan fingerprint density at radius 2 is 1.87 bits per heavy atom. The number of methoxy groups -OCH3 is 1. The van der Waals surface area contributed by atoms with E-state index in [1.807, 2.05) is 22.6 Å². The highest BCUT2D eigenvalue weighted by Gasteiger charge is 2.20. The number of benzene rings is 1. The molecule has 1 aromatic heterocycles. The van der Waals surface area contributed by atoms with Crippen LogP contribution in [0.1, 0.15) is 45.1 Å². The molecule has 1 fully saturated rings. The van der Waals surface area contributed by atoms with Gasteiger partial charge < -0.3 is 15.4 Å². The van der Waals surface area contributed by atoms with Crippen LogP contribution < -0.4 is 15.4 Å². The van der Waals surface area contributed by atoms with Crippen molar-refractivity contribution in [2.24, 2.45) is 0 Å². The van der Waals surface area contributed by atoms with Crippen molar-refractivity contribution in [2.75, 3.05) is 37.4 Å². The van der Waals surface area contributed by atoms with E-state index in [2.05, 4.69) is 15.7 Å². The van der Waals surface area contributed by atoms with Gasteiger partial charge in [-0.2, -0.15) is 5.10 Å². The number of carbonyl (C=O) groups is 2. The van der Waals surface area contributed by atoms with Gasteiger partial charge in [0.2, 0.25) is 11.8 Å². The lowest BCUT2D eigenvalue weighted by atomic mass is 10.2. The fourth-order valence-electron chi connectivity index (χ4n) is 3.75. The first kappa shape index (κ1) is 21.8. The van der Waals surface area contributed by atoms with Crippen LogP contribution in [0, 0.1) is 0 Å². The van der Waals surface area contributed by atoms with Gasteiger partial charge in [-0.25, -0.2) is 4.68 Å². The topological polar surface area (TPSA) is 88.5 Å². The van der Waals surface area contributed by atoms with Crippen LogP contribution in [0.2, 0.25) is 0 Å². The SMILES string of the molecule is CCN(CCC(=O)Nc1ccnn1C1CCCC1)CC(=O)Nc1ccc(OC)cc1. The van der Waals surface area contributed by atoms with Crippen molar-refractivity contribution in [2.45, 2.75) is 45.1 Å². The van der Waals surface area contributed by atoms with Crippen LogP contribution in [-0.4, -0.2) is 53.2 Å². The average Bonchev–Trinajstić information content (AvgIpc) is 3.43. The summed E-state index contributed by atoms with van der Waals surface area (Å²) in [4.78, 5) is 26.7. The highest BCUT2D eigenvalue weighted by molar-refractivity contribution is 5.92. The molecule has 1 heterocycles. The number of carbonyl (C=O) groups excluding carboxylic acids is 2. The maximum Gasteiger partial charge on any atom is 0.238 e. The van der Waals surface area contributed by atoms with Gasteiger partial charge in [0, 0.05) is 24.7 Å². The predicted octanol–water partition coefficient (Wildman–Crippen LogP) is 3.30. The van der Waals surface area contributed by atoms with Crippen molar-refractivity contribution in [3.8, 4) is 5.75 Å². The highest BCUT2D eigenvalue weighted by atomic mass is 16.5. The number of nitrogens with zero attached hydrogens (tertiary/aromatic N) is 3. The number of aromatic nitrogens is 2. The number of hydrogen-bond acceptors (Lipinski definition) is 5. The third-order valence-corrected chi connectivity index (χ3v) is 5.45. The smallest absolute Gasteiger partial charge is 0.238 e. The molecule has 0 unspecified atom stereocenters. The van der Waals surface area contributed by atoms with Crippen molar-refractivity contribution >= 4 is 23.3 Å². The third kappa shape index (κ3) is 6.06. The minimum absolute atomic E-state index is 0.0660. The Bertz CT molecular complexity index is 828. The lowest BCUT2D eigenvalue weighted by molar-refractivity contribution is -0.119. The Morgan fingerprint density at radius 3 is 2.53 bits per heavy atom. The Kier molecular flexibility index (Phi) is 7.84. The number of hydrogen-bond donors (Lipinski definition) is 2. The van der Waals surface area contributed by atoms with Crippen LogP contribution in [-0.2, 0) is 9.59 Å². The summed E-state index contributed by atoms with van der Waals surface area (Å²) < 4.78 is 7.06. The molecule has 0 saturated heterocycles. The van der Waals surface area contributed by atoms with Crippen LogP contribution in [0.3, 0.4) is 0 Å². The molecule has 0 bridgehead atoms. The van der Waals surface area contributed by atoms with Crippen LogP contribution in [0.4, 0.5) is 11.5 Å². The third-order valence-electron chi connectivity index (χ3n) is 5.45. The molecule has 3 rings (SSSR count). The summed E-state index contributed by atoms with van der Waals surface area (Å²) >= 11 is 0. The van der Waals surface area contributed by atoms with E-state index >= 15 is 0 Å². The van der Waals surface area contributed by atoms with Crippen molar-refractivity contribution < 1.29 is 14.3 Å². The monoisotopic (exact) mass is 413 g/mol. The molecule has 0 radical (unpaired) electrons. The van der Waals surface area contributed by atoms with E-state index in [1.54, 1.807) is 37.6 Å². The van der Waals surface area contributed by atoms with Gasteiger partial charge in [0.05, 0.1) is 25.9 Å². The molecule has 0 aliphatic heterocycles. The molecule has 2 aromatic rings. The number of ether oxygens (including phenoxy) is 1. The fourth-order valence-corrected chi connectivity index (χ4v) is 3.75. The maximum absolute atomic E-state index is 12.4. The minimum Gasteiger partial charge on any atom is -0.497 e. The molecule has 2 amide bonds. The van der Waals surface area contributed by atoms with Gasteiger partial charge in [0.15, 0.2) is 0 Å². The summed E-state index contributed by atoms with van der Waals surface area (Å²) in [7, 11) is 1.60. The quantitative estimate of drug-likeness (QED) is 0.624. The molecule has 162 valence electrons. The van der Waals surface area contributed by atoms with Crippen LogP contribution in [0.5, 0.6) is 5.75 Å². The summed E-state index contributed by atoms with van der Waals surface area (Å²) in [5, 5.41) is 10.2. The molecule has 1 aliphatic carbocycles. The minimum atomic E-state index is -0.110. The zero-order chi connectivity index (χ0) is 21.3. The van der Waals surface area contributed by atoms with Crippen molar-refractivity contribution in [3.05, 3.63) is 36.5 Å². The lowest BCUT2D eigenvalue weighted by Crippen LogP contribution is -2.35. The van der Waals surface area contributed by atoms with Crippen LogP contribution in [0.25, 0.3) is 0 Å². The van der Waals surface area contributed by atoms with Gasteiger partial charge in [-0.15, -0.1) is 0 Å². The summed E-state index contributed by atoms with van der Waals surface area (Å²) in [5.74, 6) is 1.32. The second-order valence-electron chi connectivity index (χ2n) is 7.54. The normalized spacial score (nSPS) is 14.1. The molecule has 8 heteroatoms. The zero-order valence-electron chi connectivity index (χ0n) is 17.8. The Hall–Kier alpha value is -2.87. The van der Waals surface area contributed by atoms with E-state index in [-0.39, 0.29) is 18.4 Å². The number of amides is 2. The summed E-state index contributed by atoms with van der Waals surface area (Å²) in [6, 6.07) is 9.42. The molecule has 1 aromatic carbocycles. The molecule has 0 atom stereocenters. The molecule has 1 aliphatic rings. The molecule has 2 N–H and O–H groups in total. The van der Waals surface area contributed by atoms with E-state index in [9.17, 15) is 9.59 Å². The lowest BCUT2D eigenvalue weighted by Gasteiger charge is -2.20. The van der Waals surface area contributed by atoms with Crippen molar-refractivity contribution in [3.63, 3.8) is 0 Å². The van der Waals surface area contributed by atoms with Crippen molar-refractivity contribution in [1.29, 1.82) is 0 Å². The second-order valence-corrected chi connectivity index (χ2v) is 7.54. The second kappa shape index (κ2) is 10.8. The molecule has 0 spiro atoms. The molecule has 8 nitrogen and oxygen atoms in total. The van der Waals surface area contributed by atoms with Gasteiger partial charge >= 0.3 is 0 Å². The van der Waals surface area contributed by atoms with Gasteiger partial charge in [-0.05, 0) is 43.7 Å². The maximum atomic E-state index is 12.4. The fraction of sp³-hybridized carbons (Fsp3) is 0.500. The summed E-state index contributed by atoms with van der Waals surface area (Å²) in [6.07, 6.45) is 6.69. The molecular weight excluding hydrogens is 382 g/mol. The molecule has 30 heavy (non-hydrogen) atoms.